The number of carbonyl (C=O) groups excluding carboxylic acids is 1. The van der Waals surface area contributed by atoms with E-state index in [9.17, 15) is 9.90 Å². The molecular formula is C21H29ClO2. The minimum absolute atomic E-state index is 0.0839. The molecule has 0 spiro atoms. The van der Waals surface area contributed by atoms with Gasteiger partial charge in [-0.05, 0) is 73.7 Å². The molecule has 2 saturated carbocycles. The van der Waals surface area contributed by atoms with Gasteiger partial charge in [0.05, 0.1) is 6.10 Å². The number of aliphatic hydroxyl groups is 1. The maximum atomic E-state index is 12.2. The average Bonchev–Trinajstić information content (AvgIpc) is 2.53. The number of carbonyl (C=O) groups is 1. The van der Waals surface area contributed by atoms with Crippen LogP contribution in [0.15, 0.2) is 22.8 Å². The Morgan fingerprint density at radius 3 is 2.71 bits per heavy atom. The highest BCUT2D eigenvalue weighted by molar-refractivity contribution is 6.30. The molecule has 24 heavy (non-hydrogen) atoms. The summed E-state index contributed by atoms with van der Waals surface area (Å²) >= 11 is 6.29. The van der Waals surface area contributed by atoms with Crippen LogP contribution in [-0.4, -0.2) is 17.0 Å². The summed E-state index contributed by atoms with van der Waals surface area (Å²) in [5, 5.41) is 11.4. The zero-order valence-corrected chi connectivity index (χ0v) is 15.8. The van der Waals surface area contributed by atoms with E-state index in [1.807, 2.05) is 6.92 Å². The summed E-state index contributed by atoms with van der Waals surface area (Å²) in [6.07, 6.45) is 10.1. The van der Waals surface area contributed by atoms with Crippen molar-refractivity contribution in [2.75, 3.05) is 0 Å². The highest BCUT2D eigenvalue weighted by Gasteiger charge is 2.58. The molecule has 2 nitrogen and oxygen atoms in total. The number of hydrogen-bond acceptors (Lipinski definition) is 2. The molecule has 2 fully saturated rings. The highest BCUT2D eigenvalue weighted by atomic mass is 35.5. The number of rotatable bonds is 0. The molecule has 0 bridgehead atoms. The lowest BCUT2D eigenvalue weighted by molar-refractivity contribution is -0.130. The van der Waals surface area contributed by atoms with Crippen LogP contribution >= 0.6 is 11.6 Å². The van der Waals surface area contributed by atoms with Gasteiger partial charge in [0, 0.05) is 16.9 Å². The summed E-state index contributed by atoms with van der Waals surface area (Å²) in [4.78, 5) is 12.2. The molecule has 4 rings (SSSR count). The third kappa shape index (κ3) is 2.15. The lowest BCUT2D eigenvalue weighted by atomic mass is 9.44. The molecule has 0 aromatic heterocycles. The molecule has 0 saturated heterocycles. The smallest absolute Gasteiger partial charge is 0.158 e. The van der Waals surface area contributed by atoms with Crippen molar-refractivity contribution in [3.8, 4) is 0 Å². The van der Waals surface area contributed by atoms with Gasteiger partial charge in [-0.15, -0.1) is 0 Å². The number of aliphatic hydroxyl groups excluding tert-OH is 1. The molecule has 0 aromatic carbocycles. The van der Waals surface area contributed by atoms with Gasteiger partial charge >= 0.3 is 0 Å². The van der Waals surface area contributed by atoms with E-state index in [-0.39, 0.29) is 10.8 Å². The SMILES string of the molecule is CC1=C[C@@]2(C)[C@@H](CC[C@@H]3[C@@H]2CC[C@]2(C)[C@@H](O)C(Cl)=CC[C@@H]32)CC1=O. The summed E-state index contributed by atoms with van der Waals surface area (Å²) in [6.45, 7) is 6.64. The van der Waals surface area contributed by atoms with Crippen molar-refractivity contribution in [2.24, 2.45) is 34.5 Å². The van der Waals surface area contributed by atoms with Crippen LogP contribution in [0.1, 0.15) is 59.3 Å². The standard InChI is InChI=1S/C21H29ClO2/c1-12-11-21(3)13(10-18(12)23)4-5-14-15-6-7-17(22)19(24)20(15,2)9-8-16(14)21/h7,11,13-16,19,24H,4-6,8-10H2,1-3H3/t13-,14-,15-,16-,19-,20-,21-/m0/s1. The molecule has 4 aliphatic rings. The minimum Gasteiger partial charge on any atom is -0.387 e. The van der Waals surface area contributed by atoms with E-state index in [1.165, 1.54) is 6.42 Å². The van der Waals surface area contributed by atoms with Crippen molar-refractivity contribution < 1.29 is 9.90 Å². The van der Waals surface area contributed by atoms with Crippen molar-refractivity contribution in [3.63, 3.8) is 0 Å². The van der Waals surface area contributed by atoms with Crippen LogP contribution in [0.2, 0.25) is 0 Å². The topological polar surface area (TPSA) is 37.3 Å². The van der Waals surface area contributed by atoms with E-state index < -0.39 is 6.10 Å². The highest BCUT2D eigenvalue weighted by Crippen LogP contribution is 2.64. The molecule has 3 heteroatoms. The van der Waals surface area contributed by atoms with Crippen LogP contribution < -0.4 is 0 Å². The van der Waals surface area contributed by atoms with Gasteiger partial charge in [-0.1, -0.05) is 37.6 Å². The second kappa shape index (κ2) is 5.45. The maximum Gasteiger partial charge on any atom is 0.158 e. The quantitative estimate of drug-likeness (QED) is 0.678. The number of fused-ring (bicyclic) bond motifs is 5. The van der Waals surface area contributed by atoms with E-state index in [4.69, 9.17) is 11.6 Å². The third-order valence-electron chi connectivity index (χ3n) is 8.25. The molecule has 132 valence electrons. The van der Waals surface area contributed by atoms with Gasteiger partial charge in [-0.25, -0.2) is 0 Å². The van der Waals surface area contributed by atoms with Crippen LogP contribution in [-0.2, 0) is 4.79 Å². The number of Topliss-reactive ketones (excluding diaryl/α,β-unsaturated/α-hetero) is 1. The van der Waals surface area contributed by atoms with Gasteiger partial charge in [0.2, 0.25) is 0 Å². The van der Waals surface area contributed by atoms with E-state index in [0.717, 1.165) is 37.7 Å². The van der Waals surface area contributed by atoms with Crippen molar-refractivity contribution in [3.05, 3.63) is 22.8 Å². The average molecular weight is 349 g/mol. The first-order valence-corrected chi connectivity index (χ1v) is 9.91. The summed E-state index contributed by atoms with van der Waals surface area (Å²) < 4.78 is 0. The largest absolute Gasteiger partial charge is 0.387 e. The molecule has 0 amide bonds. The van der Waals surface area contributed by atoms with Crippen LogP contribution in [0.25, 0.3) is 0 Å². The Kier molecular flexibility index (Phi) is 3.82. The second-order valence-corrected chi connectivity index (χ2v) is 9.68. The molecule has 4 aliphatic carbocycles. The van der Waals surface area contributed by atoms with Crippen LogP contribution in [0.4, 0.5) is 0 Å². The zero-order valence-electron chi connectivity index (χ0n) is 15.0. The van der Waals surface area contributed by atoms with Crippen LogP contribution in [0.5, 0.6) is 0 Å². The molecule has 0 aliphatic heterocycles. The Hall–Kier alpha value is -0.600. The Morgan fingerprint density at radius 1 is 1.21 bits per heavy atom. The van der Waals surface area contributed by atoms with Gasteiger partial charge in [-0.3, -0.25) is 4.79 Å². The predicted octanol–water partition coefficient (Wildman–Crippen LogP) is 4.86. The van der Waals surface area contributed by atoms with Crippen molar-refractivity contribution >= 4 is 17.4 Å². The zero-order chi connectivity index (χ0) is 17.3. The monoisotopic (exact) mass is 348 g/mol. The summed E-state index contributed by atoms with van der Waals surface area (Å²) in [5.41, 5.74) is 1.03. The summed E-state index contributed by atoms with van der Waals surface area (Å²) in [7, 11) is 0. The van der Waals surface area contributed by atoms with Crippen molar-refractivity contribution in [2.45, 2.75) is 65.4 Å². The van der Waals surface area contributed by atoms with E-state index >= 15 is 0 Å². The van der Waals surface area contributed by atoms with E-state index in [2.05, 4.69) is 26.0 Å². The van der Waals surface area contributed by atoms with Crippen LogP contribution in [0.3, 0.4) is 0 Å². The van der Waals surface area contributed by atoms with E-state index in [0.29, 0.717) is 34.5 Å². The predicted molar refractivity (Wildman–Crippen MR) is 96.6 cm³/mol. The number of ketones is 1. The molecule has 0 aromatic rings. The number of allylic oxidation sites excluding steroid dienone is 3. The van der Waals surface area contributed by atoms with Gasteiger partial charge in [0.25, 0.3) is 0 Å². The Labute approximate surface area is 150 Å². The van der Waals surface area contributed by atoms with Crippen molar-refractivity contribution in [1.82, 2.24) is 0 Å². The Bertz CT molecular complexity index is 636. The minimum atomic E-state index is -0.505. The second-order valence-electron chi connectivity index (χ2n) is 9.24. The molecular weight excluding hydrogens is 320 g/mol. The lowest BCUT2D eigenvalue weighted by Crippen LogP contribution is -2.56. The molecule has 0 unspecified atom stereocenters. The van der Waals surface area contributed by atoms with Gasteiger partial charge in [0.15, 0.2) is 5.78 Å². The first-order chi connectivity index (χ1) is 11.3. The number of hydrogen-bond donors (Lipinski definition) is 1. The van der Waals surface area contributed by atoms with E-state index in [1.54, 1.807) is 0 Å². The fraction of sp³-hybridized carbons (Fsp3) is 0.762. The Balaban J connectivity index is 1.71. The summed E-state index contributed by atoms with van der Waals surface area (Å²) in [6, 6.07) is 0. The number of halogens is 1. The lowest BCUT2D eigenvalue weighted by Gasteiger charge is -2.61. The van der Waals surface area contributed by atoms with Crippen molar-refractivity contribution in [1.29, 1.82) is 0 Å². The molecule has 1 N–H and O–H groups in total. The third-order valence-corrected chi connectivity index (χ3v) is 8.61. The van der Waals surface area contributed by atoms with Gasteiger partial charge in [0.1, 0.15) is 0 Å². The first-order valence-electron chi connectivity index (χ1n) is 9.53. The normalized spacial score (nSPS) is 51.0. The molecule has 0 heterocycles. The molecule has 7 atom stereocenters. The van der Waals surface area contributed by atoms with Crippen LogP contribution in [0, 0.1) is 34.5 Å². The molecule has 0 radical (unpaired) electrons. The maximum absolute atomic E-state index is 12.2. The van der Waals surface area contributed by atoms with Gasteiger partial charge < -0.3 is 5.11 Å². The Morgan fingerprint density at radius 2 is 1.96 bits per heavy atom. The summed E-state index contributed by atoms with van der Waals surface area (Å²) in [5.74, 6) is 2.64. The van der Waals surface area contributed by atoms with Gasteiger partial charge in [-0.2, -0.15) is 0 Å². The fourth-order valence-electron chi connectivity index (χ4n) is 6.75. The first kappa shape index (κ1) is 16.8. The fourth-order valence-corrected chi connectivity index (χ4v) is 7.08.